The van der Waals surface area contributed by atoms with Gasteiger partial charge >= 0.3 is 0 Å². The fourth-order valence-corrected chi connectivity index (χ4v) is 2.84. The van der Waals surface area contributed by atoms with Gasteiger partial charge in [-0.3, -0.25) is 4.79 Å². The van der Waals surface area contributed by atoms with Gasteiger partial charge in [-0.1, -0.05) is 0 Å². The van der Waals surface area contributed by atoms with E-state index in [2.05, 4.69) is 15.6 Å². The van der Waals surface area contributed by atoms with Gasteiger partial charge in [-0.25, -0.2) is 9.37 Å². The summed E-state index contributed by atoms with van der Waals surface area (Å²) in [4.78, 5) is 16.1. The van der Waals surface area contributed by atoms with Crippen LogP contribution in [0.1, 0.15) is 23.2 Å². The van der Waals surface area contributed by atoms with E-state index < -0.39 is 11.7 Å². The fraction of sp³-hybridized carbons (Fsp3) is 0.333. The molecule has 1 aromatic heterocycles. The predicted molar refractivity (Wildman–Crippen MR) is 83.1 cm³/mol. The molecular weight excluding hydrogens is 305 g/mol. The first-order chi connectivity index (χ1) is 10.7. The summed E-state index contributed by atoms with van der Waals surface area (Å²) in [5.41, 5.74) is 0.589. The molecule has 5 nitrogen and oxygen atoms in total. The lowest BCUT2D eigenvalue weighted by Crippen LogP contribution is -2.32. The minimum atomic E-state index is -0.564. The van der Waals surface area contributed by atoms with Gasteiger partial charge in [0.25, 0.3) is 5.91 Å². The van der Waals surface area contributed by atoms with Crippen LogP contribution in [0.5, 0.6) is 0 Å². The highest BCUT2D eigenvalue weighted by Crippen LogP contribution is 2.21. The number of carbonyl (C=O) groups is 1. The first kappa shape index (κ1) is 14.9. The van der Waals surface area contributed by atoms with E-state index in [1.54, 1.807) is 12.3 Å². The molecule has 2 N–H and O–H groups in total. The molecule has 1 atom stereocenters. The standard InChI is InChI=1S/C15H16FN3O2S/c16-13-8-10(19-15-17-5-7-22-15)3-4-12(13)14(20)18-9-11-2-1-6-21-11/h3-5,7-8,11H,1-2,6,9H2,(H,17,19)(H,18,20)/t11-/m1/s1. The summed E-state index contributed by atoms with van der Waals surface area (Å²) in [6.07, 6.45) is 3.64. The minimum Gasteiger partial charge on any atom is -0.376 e. The average Bonchev–Trinajstić information content (AvgIpc) is 3.18. The van der Waals surface area contributed by atoms with Crippen LogP contribution in [-0.2, 0) is 4.74 Å². The lowest BCUT2D eigenvalue weighted by molar-refractivity contribution is 0.0854. The Morgan fingerprint density at radius 3 is 3.09 bits per heavy atom. The molecule has 0 saturated carbocycles. The Labute approximate surface area is 131 Å². The van der Waals surface area contributed by atoms with Gasteiger partial charge in [0, 0.05) is 30.4 Å². The highest BCUT2D eigenvalue weighted by molar-refractivity contribution is 7.13. The Hall–Kier alpha value is -1.99. The second-order valence-corrected chi connectivity index (χ2v) is 5.90. The van der Waals surface area contributed by atoms with Gasteiger partial charge in [0.15, 0.2) is 5.13 Å². The third kappa shape index (κ3) is 3.61. The van der Waals surface area contributed by atoms with E-state index >= 15 is 0 Å². The molecule has 2 heterocycles. The maximum atomic E-state index is 14.1. The number of nitrogens with one attached hydrogen (secondary N) is 2. The van der Waals surface area contributed by atoms with Crippen LogP contribution in [0.4, 0.5) is 15.2 Å². The van der Waals surface area contributed by atoms with Gasteiger partial charge in [0.05, 0.1) is 11.7 Å². The van der Waals surface area contributed by atoms with E-state index in [0.29, 0.717) is 17.4 Å². The number of hydrogen-bond donors (Lipinski definition) is 2. The van der Waals surface area contributed by atoms with E-state index in [9.17, 15) is 9.18 Å². The van der Waals surface area contributed by atoms with Crippen LogP contribution in [0.25, 0.3) is 0 Å². The number of benzene rings is 1. The summed E-state index contributed by atoms with van der Waals surface area (Å²) in [6.45, 7) is 1.14. The molecule has 1 aliphatic rings. The molecule has 0 radical (unpaired) electrons. The van der Waals surface area contributed by atoms with Crippen molar-refractivity contribution in [2.75, 3.05) is 18.5 Å². The minimum absolute atomic E-state index is 0.0303. The Bertz CT molecular complexity index is 642. The van der Waals surface area contributed by atoms with E-state index in [0.717, 1.165) is 19.4 Å². The van der Waals surface area contributed by atoms with Crippen LogP contribution >= 0.6 is 11.3 Å². The summed E-state index contributed by atoms with van der Waals surface area (Å²) in [5.74, 6) is -0.986. The molecule has 1 saturated heterocycles. The Kier molecular flexibility index (Phi) is 4.65. The molecule has 2 aromatic rings. The van der Waals surface area contributed by atoms with Crippen LogP contribution in [0, 0.1) is 5.82 Å². The fourth-order valence-electron chi connectivity index (χ4n) is 2.29. The predicted octanol–water partition coefficient (Wildman–Crippen LogP) is 2.93. The zero-order chi connectivity index (χ0) is 15.4. The van der Waals surface area contributed by atoms with E-state index in [1.165, 1.54) is 23.5 Å². The Morgan fingerprint density at radius 1 is 1.50 bits per heavy atom. The Morgan fingerprint density at radius 2 is 2.41 bits per heavy atom. The van der Waals surface area contributed by atoms with Gasteiger partial charge < -0.3 is 15.4 Å². The molecule has 3 rings (SSSR count). The number of aromatic nitrogens is 1. The third-order valence-corrected chi connectivity index (χ3v) is 4.10. The average molecular weight is 321 g/mol. The van der Waals surface area contributed by atoms with Gasteiger partial charge in [-0.05, 0) is 31.0 Å². The molecule has 1 aliphatic heterocycles. The summed E-state index contributed by atoms with van der Waals surface area (Å²) in [7, 11) is 0. The summed E-state index contributed by atoms with van der Waals surface area (Å²) in [6, 6.07) is 4.42. The Balaban J connectivity index is 1.62. The number of rotatable bonds is 5. The maximum Gasteiger partial charge on any atom is 0.254 e. The van der Waals surface area contributed by atoms with Gasteiger partial charge in [0.2, 0.25) is 0 Å². The number of thiazole rings is 1. The SMILES string of the molecule is O=C(NC[C@H]1CCCO1)c1ccc(Nc2nccs2)cc1F. The highest BCUT2D eigenvalue weighted by atomic mass is 32.1. The van der Waals surface area contributed by atoms with E-state index in [1.807, 2.05) is 5.38 Å². The highest BCUT2D eigenvalue weighted by Gasteiger charge is 2.18. The number of nitrogens with zero attached hydrogens (tertiary/aromatic N) is 1. The van der Waals surface area contributed by atoms with Gasteiger partial charge in [-0.15, -0.1) is 11.3 Å². The van der Waals surface area contributed by atoms with Crippen molar-refractivity contribution in [1.29, 1.82) is 0 Å². The van der Waals surface area contributed by atoms with Gasteiger partial charge in [0.1, 0.15) is 5.82 Å². The van der Waals surface area contributed by atoms with Crippen LogP contribution in [0.3, 0.4) is 0 Å². The van der Waals surface area contributed by atoms with E-state index in [-0.39, 0.29) is 11.7 Å². The van der Waals surface area contributed by atoms with Crippen LogP contribution < -0.4 is 10.6 Å². The van der Waals surface area contributed by atoms with Crippen molar-refractivity contribution in [2.24, 2.45) is 0 Å². The number of halogens is 1. The molecule has 0 spiro atoms. The number of amides is 1. The summed E-state index contributed by atoms with van der Waals surface area (Å²) < 4.78 is 19.5. The molecular formula is C15H16FN3O2S. The van der Waals surface area contributed by atoms with Crippen molar-refractivity contribution >= 4 is 28.1 Å². The first-order valence-corrected chi connectivity index (χ1v) is 7.96. The van der Waals surface area contributed by atoms with Crippen LogP contribution in [-0.4, -0.2) is 30.1 Å². The monoisotopic (exact) mass is 321 g/mol. The van der Waals surface area contributed by atoms with Crippen molar-refractivity contribution in [3.05, 3.63) is 41.2 Å². The quantitative estimate of drug-likeness (QED) is 0.889. The number of hydrogen-bond acceptors (Lipinski definition) is 5. The van der Waals surface area contributed by atoms with E-state index in [4.69, 9.17) is 4.74 Å². The van der Waals surface area contributed by atoms with Crippen molar-refractivity contribution in [2.45, 2.75) is 18.9 Å². The molecule has 1 fully saturated rings. The molecule has 7 heteroatoms. The number of carbonyl (C=O) groups excluding carboxylic acids is 1. The second kappa shape index (κ2) is 6.85. The molecule has 1 aromatic carbocycles. The third-order valence-electron chi connectivity index (χ3n) is 3.41. The second-order valence-electron chi connectivity index (χ2n) is 5.00. The topological polar surface area (TPSA) is 63.2 Å². The summed E-state index contributed by atoms with van der Waals surface area (Å²) >= 11 is 1.42. The molecule has 0 bridgehead atoms. The van der Waals surface area contributed by atoms with Crippen molar-refractivity contribution in [1.82, 2.24) is 10.3 Å². The number of anilines is 2. The molecule has 0 aliphatic carbocycles. The van der Waals surface area contributed by atoms with Gasteiger partial charge in [-0.2, -0.15) is 0 Å². The van der Waals surface area contributed by atoms with Crippen molar-refractivity contribution < 1.29 is 13.9 Å². The normalized spacial score (nSPS) is 17.4. The number of ether oxygens (including phenoxy) is 1. The van der Waals surface area contributed by atoms with Crippen molar-refractivity contribution in [3.8, 4) is 0 Å². The zero-order valence-electron chi connectivity index (χ0n) is 11.8. The molecule has 1 amide bonds. The molecule has 22 heavy (non-hydrogen) atoms. The lowest BCUT2D eigenvalue weighted by atomic mass is 10.1. The van der Waals surface area contributed by atoms with Crippen molar-refractivity contribution in [3.63, 3.8) is 0 Å². The molecule has 116 valence electrons. The largest absolute Gasteiger partial charge is 0.376 e. The zero-order valence-corrected chi connectivity index (χ0v) is 12.7. The smallest absolute Gasteiger partial charge is 0.254 e. The maximum absolute atomic E-state index is 14.1. The summed E-state index contributed by atoms with van der Waals surface area (Å²) in [5, 5.41) is 8.20. The first-order valence-electron chi connectivity index (χ1n) is 7.08. The molecule has 0 unspecified atom stereocenters. The lowest BCUT2D eigenvalue weighted by Gasteiger charge is -2.11. The van der Waals surface area contributed by atoms with Crippen LogP contribution in [0.15, 0.2) is 29.8 Å². The van der Waals surface area contributed by atoms with Crippen LogP contribution in [0.2, 0.25) is 0 Å².